The van der Waals surface area contributed by atoms with Crippen molar-refractivity contribution in [2.45, 2.75) is 26.0 Å². The van der Waals surface area contributed by atoms with Crippen LogP contribution in [0.3, 0.4) is 0 Å². The Morgan fingerprint density at radius 3 is 2.50 bits per heavy atom. The van der Waals surface area contributed by atoms with E-state index in [0.29, 0.717) is 0 Å². The number of hydrogen-bond donors (Lipinski definition) is 1. The summed E-state index contributed by atoms with van der Waals surface area (Å²) in [6.07, 6.45) is 0.636. The number of nitrogens with zero attached hydrogens (tertiary/aromatic N) is 1. The van der Waals surface area contributed by atoms with E-state index >= 15 is 0 Å². The topological polar surface area (TPSA) is 23.5 Å². The van der Waals surface area contributed by atoms with Crippen molar-refractivity contribution in [2.75, 3.05) is 13.6 Å². The number of rotatable bonds is 5. The highest BCUT2D eigenvalue weighted by Crippen LogP contribution is 2.03. The van der Waals surface area contributed by atoms with Gasteiger partial charge in [0.1, 0.15) is 0 Å². The summed E-state index contributed by atoms with van der Waals surface area (Å²) >= 11 is 0. The van der Waals surface area contributed by atoms with E-state index in [0.717, 1.165) is 19.5 Å². The van der Waals surface area contributed by atoms with Crippen LogP contribution in [0.15, 0.2) is 30.3 Å². The van der Waals surface area contributed by atoms with Gasteiger partial charge in [0.2, 0.25) is 0 Å². The molecule has 0 aromatic heterocycles. The maximum absolute atomic E-state index is 9.14. The normalized spacial score (nSPS) is 13.1. The molecule has 0 aliphatic rings. The molecular formula is C12H19NO. The van der Waals surface area contributed by atoms with Gasteiger partial charge in [0, 0.05) is 13.1 Å². The molecule has 14 heavy (non-hydrogen) atoms. The zero-order valence-electron chi connectivity index (χ0n) is 8.98. The largest absolute Gasteiger partial charge is 0.393 e. The second-order valence-electron chi connectivity index (χ2n) is 3.86. The highest BCUT2D eigenvalue weighted by molar-refractivity contribution is 5.14. The first-order chi connectivity index (χ1) is 6.68. The van der Waals surface area contributed by atoms with Crippen LogP contribution in [0.4, 0.5) is 0 Å². The van der Waals surface area contributed by atoms with Crippen LogP contribution < -0.4 is 0 Å². The van der Waals surface area contributed by atoms with E-state index in [-0.39, 0.29) is 6.10 Å². The van der Waals surface area contributed by atoms with Crippen molar-refractivity contribution < 1.29 is 5.11 Å². The summed E-state index contributed by atoms with van der Waals surface area (Å²) in [5.74, 6) is 0. The molecule has 1 N–H and O–H groups in total. The Morgan fingerprint density at radius 1 is 1.29 bits per heavy atom. The van der Waals surface area contributed by atoms with Gasteiger partial charge in [0.15, 0.2) is 0 Å². The molecule has 0 saturated carbocycles. The van der Waals surface area contributed by atoms with Crippen molar-refractivity contribution in [2.24, 2.45) is 0 Å². The zero-order valence-corrected chi connectivity index (χ0v) is 8.98. The number of aliphatic hydroxyl groups excluding tert-OH is 1. The average molecular weight is 193 g/mol. The third-order valence-corrected chi connectivity index (χ3v) is 2.22. The van der Waals surface area contributed by atoms with Gasteiger partial charge in [0.25, 0.3) is 0 Å². The van der Waals surface area contributed by atoms with Gasteiger partial charge in [-0.3, -0.25) is 0 Å². The summed E-state index contributed by atoms with van der Waals surface area (Å²) in [6.45, 7) is 3.72. The summed E-state index contributed by atoms with van der Waals surface area (Å²) in [5.41, 5.74) is 1.32. The van der Waals surface area contributed by atoms with Crippen molar-refractivity contribution in [3.63, 3.8) is 0 Å². The van der Waals surface area contributed by atoms with Crippen molar-refractivity contribution in [1.29, 1.82) is 0 Å². The molecule has 2 nitrogen and oxygen atoms in total. The van der Waals surface area contributed by atoms with Gasteiger partial charge < -0.3 is 10.0 Å². The Balaban J connectivity index is 2.30. The highest BCUT2D eigenvalue weighted by atomic mass is 16.3. The van der Waals surface area contributed by atoms with Crippen molar-refractivity contribution in [3.8, 4) is 0 Å². The van der Waals surface area contributed by atoms with Gasteiger partial charge in [-0.1, -0.05) is 30.3 Å². The predicted octanol–water partition coefficient (Wildman–Crippen LogP) is 1.89. The molecule has 78 valence electrons. The minimum Gasteiger partial charge on any atom is -0.393 e. The quantitative estimate of drug-likeness (QED) is 0.772. The number of benzene rings is 1. The summed E-state index contributed by atoms with van der Waals surface area (Å²) < 4.78 is 0. The van der Waals surface area contributed by atoms with Gasteiger partial charge in [-0.25, -0.2) is 0 Å². The van der Waals surface area contributed by atoms with Gasteiger partial charge in [-0.05, 0) is 26.0 Å². The molecule has 1 aromatic rings. The Morgan fingerprint density at radius 2 is 1.93 bits per heavy atom. The fraction of sp³-hybridized carbons (Fsp3) is 0.500. The molecule has 0 bridgehead atoms. The standard InChI is InChI=1S/C12H19NO/c1-11(14)8-9-13(2)10-12-6-4-3-5-7-12/h3-7,11,14H,8-10H2,1-2H3. The smallest absolute Gasteiger partial charge is 0.0524 e. The van der Waals surface area contributed by atoms with E-state index in [1.807, 2.05) is 13.0 Å². The molecule has 0 fully saturated rings. The molecule has 1 rings (SSSR count). The first kappa shape index (κ1) is 11.2. The van der Waals surface area contributed by atoms with Crippen LogP contribution in [-0.4, -0.2) is 29.7 Å². The lowest BCUT2D eigenvalue weighted by Gasteiger charge is -2.17. The monoisotopic (exact) mass is 193 g/mol. The fourth-order valence-electron chi connectivity index (χ4n) is 1.38. The predicted molar refractivity (Wildman–Crippen MR) is 59.1 cm³/mol. The van der Waals surface area contributed by atoms with Crippen LogP contribution >= 0.6 is 0 Å². The molecule has 0 aliphatic carbocycles. The minimum atomic E-state index is -0.201. The SMILES string of the molecule is CC(O)CCN(C)Cc1ccccc1. The molecule has 0 spiro atoms. The van der Waals surface area contributed by atoms with Crippen LogP contribution in [0.5, 0.6) is 0 Å². The van der Waals surface area contributed by atoms with Gasteiger partial charge in [0.05, 0.1) is 6.10 Å². The van der Waals surface area contributed by atoms with Crippen LogP contribution in [0.1, 0.15) is 18.9 Å². The fourth-order valence-corrected chi connectivity index (χ4v) is 1.38. The Labute approximate surface area is 86.2 Å². The van der Waals surface area contributed by atoms with Crippen molar-refractivity contribution in [1.82, 2.24) is 4.90 Å². The first-order valence-electron chi connectivity index (χ1n) is 5.09. The molecule has 2 heteroatoms. The summed E-state index contributed by atoms with van der Waals surface area (Å²) in [5, 5.41) is 9.14. The van der Waals surface area contributed by atoms with Crippen molar-refractivity contribution >= 4 is 0 Å². The van der Waals surface area contributed by atoms with E-state index in [2.05, 4.69) is 36.2 Å². The Hall–Kier alpha value is -0.860. The molecule has 1 unspecified atom stereocenters. The zero-order chi connectivity index (χ0) is 10.4. The van der Waals surface area contributed by atoms with Gasteiger partial charge in [-0.15, -0.1) is 0 Å². The van der Waals surface area contributed by atoms with E-state index in [4.69, 9.17) is 5.11 Å². The third-order valence-electron chi connectivity index (χ3n) is 2.22. The van der Waals surface area contributed by atoms with Gasteiger partial charge in [-0.2, -0.15) is 0 Å². The second kappa shape index (κ2) is 5.78. The Kier molecular flexibility index (Phi) is 4.63. The Bertz CT molecular complexity index is 246. The van der Waals surface area contributed by atoms with Crippen LogP contribution in [-0.2, 0) is 6.54 Å². The molecule has 0 radical (unpaired) electrons. The summed E-state index contributed by atoms with van der Waals surface area (Å²) in [6, 6.07) is 10.4. The maximum atomic E-state index is 9.14. The first-order valence-corrected chi connectivity index (χ1v) is 5.09. The molecule has 0 amide bonds. The number of aliphatic hydroxyl groups is 1. The van der Waals surface area contributed by atoms with E-state index < -0.39 is 0 Å². The summed E-state index contributed by atoms with van der Waals surface area (Å²) in [7, 11) is 2.08. The molecule has 1 aromatic carbocycles. The maximum Gasteiger partial charge on any atom is 0.0524 e. The van der Waals surface area contributed by atoms with E-state index in [1.54, 1.807) is 0 Å². The van der Waals surface area contributed by atoms with E-state index in [1.165, 1.54) is 5.56 Å². The lowest BCUT2D eigenvalue weighted by atomic mass is 10.2. The summed E-state index contributed by atoms with van der Waals surface area (Å²) in [4.78, 5) is 2.22. The van der Waals surface area contributed by atoms with E-state index in [9.17, 15) is 0 Å². The minimum absolute atomic E-state index is 0.201. The van der Waals surface area contributed by atoms with Crippen LogP contribution in [0, 0.1) is 0 Å². The highest BCUT2D eigenvalue weighted by Gasteiger charge is 2.01. The second-order valence-corrected chi connectivity index (χ2v) is 3.86. The molecule has 1 atom stereocenters. The third kappa shape index (κ3) is 4.40. The van der Waals surface area contributed by atoms with Crippen molar-refractivity contribution in [3.05, 3.63) is 35.9 Å². The molecule has 0 aliphatic heterocycles. The van der Waals surface area contributed by atoms with Crippen LogP contribution in [0.2, 0.25) is 0 Å². The lowest BCUT2D eigenvalue weighted by Crippen LogP contribution is -2.21. The van der Waals surface area contributed by atoms with Gasteiger partial charge >= 0.3 is 0 Å². The average Bonchev–Trinajstić information content (AvgIpc) is 2.16. The lowest BCUT2D eigenvalue weighted by molar-refractivity contribution is 0.163. The van der Waals surface area contributed by atoms with Crippen LogP contribution in [0.25, 0.3) is 0 Å². The molecule has 0 saturated heterocycles. The number of hydrogen-bond acceptors (Lipinski definition) is 2. The molecule has 0 heterocycles. The molecular weight excluding hydrogens is 174 g/mol.